The maximum Gasteiger partial charge on any atom is 0.157 e. The third-order valence-electron chi connectivity index (χ3n) is 6.42. The molecule has 0 bridgehead atoms. The monoisotopic (exact) mass is 422 g/mol. The number of nitrogens with one attached hydrogen (secondary N) is 1. The van der Waals surface area contributed by atoms with Crippen LogP contribution in [-0.4, -0.2) is 65.5 Å². The number of pyridine rings is 1. The first-order valence-corrected chi connectivity index (χ1v) is 10.8. The molecule has 1 atom stereocenters. The Morgan fingerprint density at radius 1 is 1.16 bits per heavy atom. The fourth-order valence-corrected chi connectivity index (χ4v) is 4.44. The van der Waals surface area contributed by atoms with E-state index in [2.05, 4.69) is 31.4 Å². The number of aromatic nitrogens is 3. The van der Waals surface area contributed by atoms with Crippen LogP contribution >= 0.6 is 0 Å². The van der Waals surface area contributed by atoms with Gasteiger partial charge in [-0.15, -0.1) is 5.10 Å². The third kappa shape index (κ3) is 3.93. The molecule has 0 radical (unpaired) electrons. The SMILES string of the molecule is Cc1c(F)cccc1CNc1nnc(C)c2cnc(N3CCN4CCOCC4C3)cc12. The lowest BCUT2D eigenvalue weighted by Gasteiger charge is -2.44. The molecule has 2 aliphatic heterocycles. The average molecular weight is 423 g/mol. The number of aryl methyl sites for hydroxylation is 1. The standard InChI is InChI=1S/C23H27FN6O/c1-15-17(4-3-5-21(15)24)11-26-23-19-10-22(25-12-20(19)16(2)27-28-23)30-7-6-29-8-9-31-14-18(29)13-30/h3-5,10,12,18H,6-9,11,13-14H2,1-2H3,(H,26,28). The first-order valence-electron chi connectivity index (χ1n) is 10.8. The van der Waals surface area contributed by atoms with E-state index in [0.717, 1.165) is 67.2 Å². The van der Waals surface area contributed by atoms with Crippen molar-refractivity contribution in [1.82, 2.24) is 20.1 Å². The van der Waals surface area contributed by atoms with Crippen LogP contribution in [0.25, 0.3) is 10.8 Å². The van der Waals surface area contributed by atoms with E-state index in [9.17, 15) is 4.39 Å². The number of anilines is 2. The summed E-state index contributed by atoms with van der Waals surface area (Å²) in [6.45, 7) is 9.68. The second-order valence-electron chi connectivity index (χ2n) is 8.31. The molecule has 2 fully saturated rings. The lowest BCUT2D eigenvalue weighted by molar-refractivity contribution is -0.0117. The van der Waals surface area contributed by atoms with Crippen molar-refractivity contribution in [3.8, 4) is 0 Å². The summed E-state index contributed by atoms with van der Waals surface area (Å²) < 4.78 is 19.6. The van der Waals surface area contributed by atoms with Crippen LogP contribution in [0, 0.1) is 19.7 Å². The van der Waals surface area contributed by atoms with Gasteiger partial charge in [0, 0.05) is 49.7 Å². The number of halogens is 1. The van der Waals surface area contributed by atoms with E-state index in [1.54, 1.807) is 13.0 Å². The molecule has 1 unspecified atom stereocenters. The van der Waals surface area contributed by atoms with Crippen LogP contribution in [0.4, 0.5) is 16.0 Å². The zero-order valence-electron chi connectivity index (χ0n) is 17.9. The molecule has 1 aromatic carbocycles. The predicted octanol–water partition coefficient (Wildman–Crippen LogP) is 2.91. The zero-order chi connectivity index (χ0) is 21.4. The molecular formula is C23H27FN6O. The fraction of sp³-hybridized carbons (Fsp3) is 0.435. The van der Waals surface area contributed by atoms with E-state index >= 15 is 0 Å². The lowest BCUT2D eigenvalue weighted by Crippen LogP contribution is -2.58. The number of morpholine rings is 1. The van der Waals surface area contributed by atoms with Crippen molar-refractivity contribution in [2.75, 3.05) is 49.6 Å². The minimum Gasteiger partial charge on any atom is -0.378 e. The molecule has 0 saturated carbocycles. The summed E-state index contributed by atoms with van der Waals surface area (Å²) in [6.07, 6.45) is 1.89. The summed E-state index contributed by atoms with van der Waals surface area (Å²) in [7, 11) is 0. The van der Waals surface area contributed by atoms with Gasteiger partial charge < -0.3 is 15.0 Å². The molecule has 162 valence electrons. The number of piperazine rings is 1. The number of ether oxygens (including phenoxy) is 1. The van der Waals surface area contributed by atoms with Gasteiger partial charge in [0.15, 0.2) is 5.82 Å². The van der Waals surface area contributed by atoms with Crippen LogP contribution in [0.1, 0.15) is 16.8 Å². The highest BCUT2D eigenvalue weighted by Crippen LogP contribution is 2.28. The maximum atomic E-state index is 13.9. The van der Waals surface area contributed by atoms with Gasteiger partial charge in [-0.2, -0.15) is 5.10 Å². The molecule has 8 heteroatoms. The molecule has 4 heterocycles. The minimum absolute atomic E-state index is 0.198. The Morgan fingerprint density at radius 3 is 2.97 bits per heavy atom. The van der Waals surface area contributed by atoms with Gasteiger partial charge in [0.25, 0.3) is 0 Å². The smallest absolute Gasteiger partial charge is 0.157 e. The van der Waals surface area contributed by atoms with E-state index < -0.39 is 0 Å². The van der Waals surface area contributed by atoms with Crippen molar-refractivity contribution in [1.29, 1.82) is 0 Å². The Hall–Kier alpha value is -2.84. The number of rotatable bonds is 4. The van der Waals surface area contributed by atoms with Crippen LogP contribution in [0.3, 0.4) is 0 Å². The van der Waals surface area contributed by atoms with Crippen molar-refractivity contribution in [3.63, 3.8) is 0 Å². The number of nitrogens with zero attached hydrogens (tertiary/aromatic N) is 5. The summed E-state index contributed by atoms with van der Waals surface area (Å²) in [6, 6.07) is 7.64. The summed E-state index contributed by atoms with van der Waals surface area (Å²) >= 11 is 0. The fourth-order valence-electron chi connectivity index (χ4n) is 4.44. The van der Waals surface area contributed by atoms with Crippen LogP contribution in [0.15, 0.2) is 30.5 Å². The highest BCUT2D eigenvalue weighted by molar-refractivity contribution is 5.94. The first kappa shape index (κ1) is 20.1. The second-order valence-corrected chi connectivity index (χ2v) is 8.31. The zero-order valence-corrected chi connectivity index (χ0v) is 17.9. The molecule has 2 aromatic heterocycles. The third-order valence-corrected chi connectivity index (χ3v) is 6.42. The van der Waals surface area contributed by atoms with Gasteiger partial charge in [0.2, 0.25) is 0 Å². The molecule has 0 aliphatic carbocycles. The Labute approximate surface area is 181 Å². The van der Waals surface area contributed by atoms with Gasteiger partial charge in [-0.25, -0.2) is 9.37 Å². The highest BCUT2D eigenvalue weighted by Gasteiger charge is 2.30. The number of hydrogen-bond donors (Lipinski definition) is 1. The maximum absolute atomic E-state index is 13.9. The Bertz CT molecular complexity index is 1110. The number of hydrogen-bond acceptors (Lipinski definition) is 7. The molecule has 0 spiro atoms. The summed E-state index contributed by atoms with van der Waals surface area (Å²) in [5.74, 6) is 1.43. The van der Waals surface area contributed by atoms with E-state index in [0.29, 0.717) is 24.0 Å². The van der Waals surface area contributed by atoms with Gasteiger partial charge in [-0.05, 0) is 37.1 Å². The molecule has 2 aliphatic rings. The van der Waals surface area contributed by atoms with Crippen molar-refractivity contribution < 1.29 is 9.13 Å². The van der Waals surface area contributed by atoms with E-state index in [-0.39, 0.29) is 5.82 Å². The largest absolute Gasteiger partial charge is 0.378 e. The van der Waals surface area contributed by atoms with Crippen molar-refractivity contribution in [2.45, 2.75) is 26.4 Å². The van der Waals surface area contributed by atoms with Crippen LogP contribution < -0.4 is 10.2 Å². The van der Waals surface area contributed by atoms with Gasteiger partial charge in [0.05, 0.1) is 24.9 Å². The first-order chi connectivity index (χ1) is 15.1. The average Bonchev–Trinajstić information content (AvgIpc) is 2.80. The van der Waals surface area contributed by atoms with Crippen molar-refractivity contribution >= 4 is 22.4 Å². The van der Waals surface area contributed by atoms with Crippen molar-refractivity contribution in [2.24, 2.45) is 0 Å². The van der Waals surface area contributed by atoms with Gasteiger partial charge in [-0.1, -0.05) is 12.1 Å². The van der Waals surface area contributed by atoms with Crippen LogP contribution in [0.2, 0.25) is 0 Å². The molecule has 0 amide bonds. The summed E-state index contributed by atoms with van der Waals surface area (Å²) in [5, 5.41) is 14.0. The van der Waals surface area contributed by atoms with E-state index in [4.69, 9.17) is 9.72 Å². The lowest BCUT2D eigenvalue weighted by atomic mass is 10.1. The Kier molecular flexibility index (Phi) is 5.41. The number of benzene rings is 1. The second kappa shape index (κ2) is 8.36. The topological polar surface area (TPSA) is 66.4 Å². The quantitative estimate of drug-likeness (QED) is 0.693. The molecule has 2 saturated heterocycles. The van der Waals surface area contributed by atoms with Crippen LogP contribution in [0.5, 0.6) is 0 Å². The Balaban J connectivity index is 1.42. The van der Waals surface area contributed by atoms with Crippen molar-refractivity contribution in [3.05, 3.63) is 53.1 Å². The summed E-state index contributed by atoms with van der Waals surface area (Å²) in [5.41, 5.74) is 2.39. The predicted molar refractivity (Wildman–Crippen MR) is 119 cm³/mol. The molecule has 31 heavy (non-hydrogen) atoms. The van der Waals surface area contributed by atoms with Gasteiger partial charge >= 0.3 is 0 Å². The molecule has 7 nitrogen and oxygen atoms in total. The molecule has 1 N–H and O–H groups in total. The van der Waals surface area contributed by atoms with E-state index in [1.807, 2.05) is 19.2 Å². The van der Waals surface area contributed by atoms with Gasteiger partial charge in [0.1, 0.15) is 11.6 Å². The summed E-state index contributed by atoms with van der Waals surface area (Å²) in [4.78, 5) is 9.57. The van der Waals surface area contributed by atoms with Gasteiger partial charge in [-0.3, -0.25) is 4.90 Å². The molecular weight excluding hydrogens is 395 g/mol. The molecule has 5 rings (SSSR count). The van der Waals surface area contributed by atoms with E-state index in [1.165, 1.54) is 6.07 Å². The minimum atomic E-state index is -0.198. The number of fused-ring (bicyclic) bond motifs is 2. The van der Waals surface area contributed by atoms with Crippen LogP contribution in [-0.2, 0) is 11.3 Å². The Morgan fingerprint density at radius 2 is 2.06 bits per heavy atom. The normalized spacial score (nSPS) is 19.5. The molecule has 3 aromatic rings. The highest BCUT2D eigenvalue weighted by atomic mass is 19.1.